The number of halogens is 1. The molecule has 2 aromatic rings. The molecule has 0 saturated carbocycles. The molecule has 1 aromatic carbocycles. The maximum atomic E-state index is 13.9. The van der Waals surface area contributed by atoms with Gasteiger partial charge in [-0.1, -0.05) is 32.0 Å². The molecule has 1 atom stereocenters. The summed E-state index contributed by atoms with van der Waals surface area (Å²) in [4.78, 5) is 26.3. The van der Waals surface area contributed by atoms with Gasteiger partial charge in [0.2, 0.25) is 11.8 Å². The van der Waals surface area contributed by atoms with E-state index in [-0.39, 0.29) is 23.7 Å². The molecule has 26 heavy (non-hydrogen) atoms. The van der Waals surface area contributed by atoms with Crippen molar-refractivity contribution in [3.8, 4) is 0 Å². The van der Waals surface area contributed by atoms with E-state index in [1.807, 2.05) is 20.8 Å². The minimum Gasteiger partial charge on any atom is -0.359 e. The van der Waals surface area contributed by atoms with Gasteiger partial charge in [0.15, 0.2) is 5.82 Å². The largest absolute Gasteiger partial charge is 0.359 e. The molecule has 0 unspecified atom stereocenters. The van der Waals surface area contributed by atoms with Crippen LogP contribution in [0.2, 0.25) is 0 Å². The van der Waals surface area contributed by atoms with Crippen molar-refractivity contribution in [1.82, 2.24) is 5.16 Å². The summed E-state index contributed by atoms with van der Waals surface area (Å²) < 4.78 is 19.1. The summed E-state index contributed by atoms with van der Waals surface area (Å²) in [6, 6.07) is 5.49. The van der Waals surface area contributed by atoms with E-state index in [0.717, 1.165) is 0 Å². The number of nitrogens with zero attached hydrogens (tertiary/aromatic N) is 2. The molecule has 0 spiro atoms. The van der Waals surface area contributed by atoms with Crippen LogP contribution in [0, 0.1) is 12.7 Å². The van der Waals surface area contributed by atoms with Gasteiger partial charge in [-0.3, -0.25) is 14.5 Å². The number of rotatable bonds is 3. The molecule has 7 heteroatoms. The Balaban J connectivity index is 1.80. The summed E-state index contributed by atoms with van der Waals surface area (Å²) in [7, 11) is 0. The first-order chi connectivity index (χ1) is 12.2. The zero-order valence-corrected chi connectivity index (χ0v) is 15.3. The molecule has 3 rings (SSSR count). The summed E-state index contributed by atoms with van der Waals surface area (Å²) in [5, 5.41) is 6.56. The average Bonchev–Trinajstić information content (AvgIpc) is 3.16. The standard InChI is InChI=1S/C19H22FN3O3/c1-11-5-6-12(9-13(11)20)23-14(7-8-17(23)24)18(25)21-16-10-15(26-22-16)19(2,3)4/h5-6,9-10,14H,7-8H2,1-4H3,(H,21,22,25)/t14-/m0/s1. The third kappa shape index (κ3) is 3.47. The summed E-state index contributed by atoms with van der Waals surface area (Å²) in [5.41, 5.74) is 0.634. The second-order valence-electron chi connectivity index (χ2n) is 7.57. The van der Waals surface area contributed by atoms with E-state index in [1.165, 1.54) is 11.0 Å². The Kier molecular flexibility index (Phi) is 4.56. The topological polar surface area (TPSA) is 75.4 Å². The van der Waals surface area contributed by atoms with Crippen molar-refractivity contribution in [3.63, 3.8) is 0 Å². The summed E-state index contributed by atoms with van der Waals surface area (Å²) in [5.74, 6) is -0.0377. The van der Waals surface area contributed by atoms with Crippen molar-refractivity contribution in [3.05, 3.63) is 41.4 Å². The number of amides is 2. The lowest BCUT2D eigenvalue weighted by Gasteiger charge is -2.24. The van der Waals surface area contributed by atoms with Crippen molar-refractivity contribution in [1.29, 1.82) is 0 Å². The first kappa shape index (κ1) is 18.1. The Bertz CT molecular complexity index is 854. The van der Waals surface area contributed by atoms with Crippen LogP contribution >= 0.6 is 0 Å². The van der Waals surface area contributed by atoms with E-state index in [1.54, 1.807) is 25.1 Å². The second-order valence-corrected chi connectivity index (χ2v) is 7.57. The van der Waals surface area contributed by atoms with Crippen LogP contribution in [0.25, 0.3) is 0 Å². The fourth-order valence-electron chi connectivity index (χ4n) is 2.88. The molecule has 1 aliphatic rings. The highest BCUT2D eigenvalue weighted by atomic mass is 19.1. The van der Waals surface area contributed by atoms with Crippen LogP contribution in [0.1, 0.15) is 44.9 Å². The predicted octanol–water partition coefficient (Wildman–Crippen LogP) is 3.55. The molecule has 1 aliphatic heterocycles. The molecule has 6 nitrogen and oxygen atoms in total. The van der Waals surface area contributed by atoms with Gasteiger partial charge in [0.25, 0.3) is 0 Å². The lowest BCUT2D eigenvalue weighted by Crippen LogP contribution is -2.41. The zero-order valence-electron chi connectivity index (χ0n) is 15.3. The number of carbonyl (C=O) groups excluding carboxylic acids is 2. The van der Waals surface area contributed by atoms with Crippen LogP contribution < -0.4 is 10.2 Å². The number of carbonyl (C=O) groups is 2. The summed E-state index contributed by atoms with van der Waals surface area (Å²) in [6.45, 7) is 7.57. The highest BCUT2D eigenvalue weighted by molar-refractivity contribution is 6.07. The highest BCUT2D eigenvalue weighted by Crippen LogP contribution is 2.29. The van der Waals surface area contributed by atoms with Crippen LogP contribution in [0.15, 0.2) is 28.8 Å². The molecule has 0 radical (unpaired) electrons. The monoisotopic (exact) mass is 359 g/mol. The van der Waals surface area contributed by atoms with E-state index in [4.69, 9.17) is 4.52 Å². The fourth-order valence-corrected chi connectivity index (χ4v) is 2.88. The molecule has 2 heterocycles. The predicted molar refractivity (Wildman–Crippen MR) is 95.5 cm³/mol. The van der Waals surface area contributed by atoms with Gasteiger partial charge >= 0.3 is 0 Å². The Morgan fingerprint density at radius 3 is 2.69 bits per heavy atom. The van der Waals surface area contributed by atoms with Gasteiger partial charge in [-0.25, -0.2) is 4.39 Å². The fraction of sp³-hybridized carbons (Fsp3) is 0.421. The van der Waals surface area contributed by atoms with E-state index >= 15 is 0 Å². The Hall–Kier alpha value is -2.70. The van der Waals surface area contributed by atoms with E-state index in [2.05, 4.69) is 10.5 Å². The van der Waals surface area contributed by atoms with Crippen LogP contribution in [0.4, 0.5) is 15.9 Å². The second kappa shape index (κ2) is 6.55. The van der Waals surface area contributed by atoms with Crippen LogP contribution in [0.5, 0.6) is 0 Å². The number of benzene rings is 1. The average molecular weight is 359 g/mol. The molecule has 138 valence electrons. The maximum Gasteiger partial charge on any atom is 0.248 e. The van der Waals surface area contributed by atoms with Gasteiger partial charge in [-0.15, -0.1) is 0 Å². The smallest absolute Gasteiger partial charge is 0.248 e. The van der Waals surface area contributed by atoms with Gasteiger partial charge in [0.05, 0.1) is 0 Å². The Morgan fingerprint density at radius 2 is 2.08 bits per heavy atom. The van der Waals surface area contributed by atoms with Gasteiger partial charge in [-0.2, -0.15) is 0 Å². The van der Waals surface area contributed by atoms with Crippen LogP contribution in [-0.2, 0) is 15.0 Å². The normalized spacial score (nSPS) is 17.7. The first-order valence-electron chi connectivity index (χ1n) is 8.53. The highest BCUT2D eigenvalue weighted by Gasteiger charge is 2.37. The van der Waals surface area contributed by atoms with Gasteiger partial charge in [0.1, 0.15) is 17.6 Å². The minimum absolute atomic E-state index is 0.205. The molecular weight excluding hydrogens is 337 g/mol. The van der Waals surface area contributed by atoms with Crippen molar-refractivity contribution in [2.45, 2.75) is 52.0 Å². The first-order valence-corrected chi connectivity index (χ1v) is 8.53. The maximum absolute atomic E-state index is 13.9. The summed E-state index contributed by atoms with van der Waals surface area (Å²) >= 11 is 0. The van der Waals surface area contributed by atoms with E-state index < -0.39 is 11.9 Å². The SMILES string of the molecule is Cc1ccc(N2C(=O)CC[C@H]2C(=O)Nc2cc(C(C)(C)C)on2)cc1F. The summed E-state index contributed by atoms with van der Waals surface area (Å²) in [6.07, 6.45) is 0.601. The molecule has 1 aromatic heterocycles. The van der Waals surface area contributed by atoms with Crippen molar-refractivity contribution < 1.29 is 18.5 Å². The number of aryl methyl sites for hydroxylation is 1. The van der Waals surface area contributed by atoms with Crippen molar-refractivity contribution in [2.24, 2.45) is 0 Å². The number of anilines is 2. The van der Waals surface area contributed by atoms with Gasteiger partial charge in [-0.05, 0) is 31.0 Å². The Labute approximate surface area is 151 Å². The van der Waals surface area contributed by atoms with Crippen molar-refractivity contribution in [2.75, 3.05) is 10.2 Å². The lowest BCUT2D eigenvalue weighted by atomic mass is 9.93. The zero-order chi connectivity index (χ0) is 19.1. The molecular formula is C19H22FN3O3. The molecule has 1 fully saturated rings. The van der Waals surface area contributed by atoms with E-state index in [0.29, 0.717) is 29.2 Å². The molecule has 1 saturated heterocycles. The van der Waals surface area contributed by atoms with E-state index in [9.17, 15) is 14.0 Å². The third-order valence-electron chi connectivity index (χ3n) is 4.45. The third-order valence-corrected chi connectivity index (χ3v) is 4.45. The number of hydrogen-bond donors (Lipinski definition) is 1. The van der Waals surface area contributed by atoms with Gasteiger partial charge in [0, 0.05) is 23.6 Å². The van der Waals surface area contributed by atoms with Crippen LogP contribution in [-0.4, -0.2) is 23.0 Å². The minimum atomic E-state index is -0.709. The molecule has 1 N–H and O–H groups in total. The molecule has 0 aliphatic carbocycles. The van der Waals surface area contributed by atoms with Gasteiger partial charge < -0.3 is 9.84 Å². The number of nitrogens with one attached hydrogen (secondary N) is 1. The van der Waals surface area contributed by atoms with Crippen molar-refractivity contribution >= 4 is 23.3 Å². The quantitative estimate of drug-likeness (QED) is 0.909. The Morgan fingerprint density at radius 1 is 1.35 bits per heavy atom. The number of hydrogen-bond acceptors (Lipinski definition) is 4. The molecule has 2 amide bonds. The molecule has 0 bridgehead atoms. The lowest BCUT2D eigenvalue weighted by molar-refractivity contribution is -0.120. The van der Waals surface area contributed by atoms with Crippen LogP contribution in [0.3, 0.4) is 0 Å². The number of aromatic nitrogens is 1.